The van der Waals surface area contributed by atoms with Gasteiger partial charge in [-0.25, -0.2) is 17.7 Å². The molecule has 0 spiro atoms. The summed E-state index contributed by atoms with van der Waals surface area (Å²) in [7, 11) is -1.96. The Labute approximate surface area is 190 Å². The third-order valence-corrected chi connectivity index (χ3v) is 6.75. The Morgan fingerprint density at radius 2 is 2.12 bits per heavy atom. The normalized spacial score (nSPS) is 21.0. The second kappa shape index (κ2) is 11.1. The van der Waals surface area contributed by atoms with Crippen LogP contribution >= 0.6 is 0 Å². The summed E-state index contributed by atoms with van der Waals surface area (Å²) < 4.78 is 31.1. The van der Waals surface area contributed by atoms with E-state index < -0.39 is 28.3 Å². The lowest BCUT2D eigenvalue weighted by atomic mass is 10.0. The summed E-state index contributed by atoms with van der Waals surface area (Å²) in [5, 5.41) is 19.6. The summed E-state index contributed by atoms with van der Waals surface area (Å²) in [5.41, 5.74) is 0.631. The molecule has 178 valence electrons. The van der Waals surface area contributed by atoms with E-state index in [1.165, 1.54) is 17.5 Å². The van der Waals surface area contributed by atoms with E-state index in [1.54, 1.807) is 17.9 Å². The third kappa shape index (κ3) is 6.65. The summed E-state index contributed by atoms with van der Waals surface area (Å²) in [5.74, 6) is 5.09. The van der Waals surface area contributed by atoms with Crippen LogP contribution in [0.25, 0.3) is 0 Å². The molecule has 2 N–H and O–H groups in total. The first kappa shape index (κ1) is 26.1. The predicted octanol–water partition coefficient (Wildman–Crippen LogP) is 0.706. The van der Waals surface area contributed by atoms with Gasteiger partial charge in [0, 0.05) is 31.3 Å². The number of pyridine rings is 1. The van der Waals surface area contributed by atoms with E-state index in [0.29, 0.717) is 12.0 Å². The van der Waals surface area contributed by atoms with Crippen LogP contribution < -0.4 is 4.74 Å². The Kier molecular flexibility index (Phi) is 9.04. The maximum atomic E-state index is 13.3. The Morgan fingerprint density at radius 1 is 1.44 bits per heavy atom. The van der Waals surface area contributed by atoms with Gasteiger partial charge in [0.25, 0.3) is 5.91 Å². The van der Waals surface area contributed by atoms with Crippen molar-refractivity contribution in [2.24, 2.45) is 5.92 Å². The quantitative estimate of drug-likeness (QED) is 0.567. The molecule has 32 heavy (non-hydrogen) atoms. The number of aromatic nitrogens is 1. The molecule has 1 aromatic heterocycles. The average Bonchev–Trinajstić information content (AvgIpc) is 2.73. The minimum Gasteiger partial charge on any atom is -0.472 e. The van der Waals surface area contributed by atoms with Crippen molar-refractivity contribution in [2.75, 3.05) is 33.0 Å². The molecule has 2 heterocycles. The van der Waals surface area contributed by atoms with Crippen LogP contribution in [0.3, 0.4) is 0 Å². The summed E-state index contributed by atoms with van der Waals surface area (Å²) in [6, 6.07) is 1.10. The number of likely N-dealkylation sites (N-methyl/N-ethyl adjacent to an activating group) is 1. The number of aliphatic hydroxyl groups excluding tert-OH is 2. The van der Waals surface area contributed by atoms with Gasteiger partial charge in [-0.15, -0.1) is 0 Å². The Hall–Kier alpha value is -2.19. The molecule has 0 saturated heterocycles. The number of amides is 1. The molecule has 0 fully saturated rings. The van der Waals surface area contributed by atoms with Gasteiger partial charge in [0.05, 0.1) is 25.4 Å². The third-order valence-electron chi connectivity index (χ3n) is 5.47. The van der Waals surface area contributed by atoms with E-state index in [0.717, 1.165) is 12.7 Å². The van der Waals surface area contributed by atoms with E-state index in [1.807, 2.05) is 13.8 Å². The number of hydrogen-bond acceptors (Lipinski definition) is 7. The van der Waals surface area contributed by atoms with Gasteiger partial charge in [0.15, 0.2) is 0 Å². The number of aliphatic hydroxyl groups is 2. The number of carbonyl (C=O) groups is 1. The van der Waals surface area contributed by atoms with Crippen LogP contribution in [0, 0.1) is 17.8 Å². The van der Waals surface area contributed by atoms with Crippen molar-refractivity contribution >= 4 is 15.9 Å². The number of rotatable bonds is 7. The van der Waals surface area contributed by atoms with Crippen molar-refractivity contribution in [3.8, 4) is 17.7 Å². The standard InChI is InChI=1S/C22H33N3O6S/c1-6-7-18(27)9-8-17-10-19-21(23-11-17)31-20(13-24(4)32(5,29)30)15(2)12-25(22(19)28)16(3)14-26/h10-11,15-16,18,20,26-27H,6-7,12-14H2,1-5H3/t15-,16+,18?,20-/m0/s1. The second-order valence-corrected chi connectivity index (χ2v) is 10.4. The second-order valence-electron chi connectivity index (χ2n) is 8.32. The zero-order valence-electron chi connectivity index (χ0n) is 19.3. The molecule has 4 atom stereocenters. The van der Waals surface area contributed by atoms with Crippen molar-refractivity contribution in [3.63, 3.8) is 0 Å². The fraction of sp³-hybridized carbons (Fsp3) is 0.636. The Bertz CT molecular complexity index is 972. The average molecular weight is 468 g/mol. The molecule has 1 amide bonds. The Balaban J connectivity index is 2.48. The van der Waals surface area contributed by atoms with Gasteiger partial charge in [0.2, 0.25) is 15.9 Å². The molecule has 0 aromatic carbocycles. The minimum atomic E-state index is -3.43. The zero-order chi connectivity index (χ0) is 24.1. The van der Waals surface area contributed by atoms with Crippen LogP contribution in [0.1, 0.15) is 49.5 Å². The number of carbonyl (C=O) groups excluding carboxylic acids is 1. The molecule has 0 radical (unpaired) electrons. The van der Waals surface area contributed by atoms with Gasteiger partial charge in [-0.3, -0.25) is 4.79 Å². The predicted molar refractivity (Wildman–Crippen MR) is 121 cm³/mol. The van der Waals surface area contributed by atoms with Crippen molar-refractivity contribution in [2.45, 2.75) is 51.9 Å². The van der Waals surface area contributed by atoms with Gasteiger partial charge in [0.1, 0.15) is 17.8 Å². The number of hydrogen-bond donors (Lipinski definition) is 2. The summed E-state index contributed by atoms with van der Waals surface area (Å²) in [4.78, 5) is 19.1. The van der Waals surface area contributed by atoms with Gasteiger partial charge < -0.3 is 19.8 Å². The fourth-order valence-corrected chi connectivity index (χ4v) is 3.71. The highest BCUT2D eigenvalue weighted by Crippen LogP contribution is 2.27. The number of nitrogens with zero attached hydrogens (tertiary/aromatic N) is 3. The fourth-order valence-electron chi connectivity index (χ4n) is 3.29. The highest BCUT2D eigenvalue weighted by molar-refractivity contribution is 7.88. The first-order valence-corrected chi connectivity index (χ1v) is 12.5. The van der Waals surface area contributed by atoms with Crippen LogP contribution in [0.2, 0.25) is 0 Å². The zero-order valence-corrected chi connectivity index (χ0v) is 20.1. The molecule has 0 saturated carbocycles. The van der Waals surface area contributed by atoms with Gasteiger partial charge in [-0.2, -0.15) is 0 Å². The van der Waals surface area contributed by atoms with Crippen LogP contribution in [0.5, 0.6) is 5.88 Å². The number of fused-ring (bicyclic) bond motifs is 1. The molecular weight excluding hydrogens is 434 g/mol. The molecule has 1 aliphatic heterocycles. The molecule has 10 heteroatoms. The lowest BCUT2D eigenvalue weighted by Crippen LogP contribution is -2.50. The SMILES string of the molecule is CCCC(O)C#Cc1cnc2c(c1)C(=O)N([C@H](C)CO)C[C@H](C)[C@H](CN(C)S(C)(=O)=O)O2. The van der Waals surface area contributed by atoms with Crippen molar-refractivity contribution in [3.05, 3.63) is 23.4 Å². The highest BCUT2D eigenvalue weighted by atomic mass is 32.2. The largest absolute Gasteiger partial charge is 0.472 e. The van der Waals surface area contributed by atoms with E-state index >= 15 is 0 Å². The summed E-state index contributed by atoms with van der Waals surface area (Å²) in [6.07, 6.45) is 2.58. The molecule has 1 aliphatic rings. The summed E-state index contributed by atoms with van der Waals surface area (Å²) in [6.45, 7) is 5.69. The smallest absolute Gasteiger partial charge is 0.259 e. The maximum absolute atomic E-state index is 13.3. The lowest BCUT2D eigenvalue weighted by molar-refractivity contribution is 0.0373. The van der Waals surface area contributed by atoms with E-state index in [2.05, 4.69) is 16.8 Å². The molecule has 1 unspecified atom stereocenters. The number of ether oxygens (including phenoxy) is 1. The molecule has 9 nitrogen and oxygen atoms in total. The van der Waals surface area contributed by atoms with Gasteiger partial charge in [-0.1, -0.05) is 32.1 Å². The minimum absolute atomic E-state index is 0.0847. The monoisotopic (exact) mass is 467 g/mol. The van der Waals surface area contributed by atoms with Crippen molar-refractivity contribution in [1.29, 1.82) is 0 Å². The van der Waals surface area contributed by atoms with Crippen LogP contribution in [-0.2, 0) is 10.0 Å². The van der Waals surface area contributed by atoms with Crippen LogP contribution in [-0.4, -0.2) is 90.0 Å². The molecule has 0 bridgehead atoms. The van der Waals surface area contributed by atoms with Gasteiger partial charge in [-0.05, 0) is 19.4 Å². The van der Waals surface area contributed by atoms with Crippen molar-refractivity contribution in [1.82, 2.24) is 14.2 Å². The molecular formula is C22H33N3O6S. The topological polar surface area (TPSA) is 120 Å². The molecule has 0 aliphatic carbocycles. The van der Waals surface area contributed by atoms with E-state index in [-0.39, 0.29) is 43.0 Å². The molecule has 2 rings (SSSR count). The summed E-state index contributed by atoms with van der Waals surface area (Å²) >= 11 is 0. The highest BCUT2D eigenvalue weighted by Gasteiger charge is 2.35. The maximum Gasteiger partial charge on any atom is 0.259 e. The van der Waals surface area contributed by atoms with Crippen molar-refractivity contribution < 1.29 is 28.2 Å². The Morgan fingerprint density at radius 3 is 2.72 bits per heavy atom. The lowest BCUT2D eigenvalue weighted by Gasteiger charge is -2.37. The first-order valence-electron chi connectivity index (χ1n) is 10.7. The van der Waals surface area contributed by atoms with E-state index in [9.17, 15) is 23.4 Å². The van der Waals surface area contributed by atoms with Crippen LogP contribution in [0.15, 0.2) is 12.3 Å². The first-order chi connectivity index (χ1) is 15.0. The van der Waals surface area contributed by atoms with E-state index in [4.69, 9.17) is 4.74 Å². The van der Waals surface area contributed by atoms with Gasteiger partial charge >= 0.3 is 0 Å². The number of sulfonamides is 1. The van der Waals surface area contributed by atoms with Crippen LogP contribution in [0.4, 0.5) is 0 Å². The molecule has 1 aromatic rings.